The highest BCUT2D eigenvalue weighted by atomic mass is 32.2. The summed E-state index contributed by atoms with van der Waals surface area (Å²) in [5, 5.41) is 0.521. The van der Waals surface area contributed by atoms with Crippen LogP contribution in [0, 0.1) is 0 Å². The highest BCUT2D eigenvalue weighted by Crippen LogP contribution is 2.25. The number of hydrogen-bond donors (Lipinski definition) is 0. The van der Waals surface area contributed by atoms with E-state index >= 15 is 0 Å². The Morgan fingerprint density at radius 2 is 1.93 bits per heavy atom. The zero-order valence-corrected chi connectivity index (χ0v) is 10.9. The summed E-state index contributed by atoms with van der Waals surface area (Å²) >= 11 is 1.76. The van der Waals surface area contributed by atoms with Crippen LogP contribution in [-0.4, -0.2) is 53.3 Å². The van der Waals surface area contributed by atoms with E-state index in [1.165, 1.54) is 0 Å². The average molecular weight is 232 g/mol. The number of carbonyl (C=O) groups is 1. The molecule has 0 aliphatic carbocycles. The Balaban J connectivity index is 2.24. The highest BCUT2D eigenvalue weighted by molar-refractivity contribution is 7.97. The number of amides is 1. The van der Waals surface area contributed by atoms with Gasteiger partial charge in [0.05, 0.1) is 5.25 Å². The summed E-state index contributed by atoms with van der Waals surface area (Å²) in [6, 6.07) is 0. The van der Waals surface area contributed by atoms with Gasteiger partial charge in [0.15, 0.2) is 0 Å². The van der Waals surface area contributed by atoms with E-state index in [1.54, 1.807) is 16.8 Å². The van der Waals surface area contributed by atoms with E-state index in [9.17, 15) is 4.79 Å². The molecular weight excluding hydrogens is 212 g/mol. The second kappa shape index (κ2) is 4.61. The van der Waals surface area contributed by atoms with Crippen LogP contribution in [0.3, 0.4) is 0 Å². The van der Waals surface area contributed by atoms with Gasteiger partial charge in [0.25, 0.3) is 0 Å². The second-order valence-corrected chi connectivity index (χ2v) is 6.53. The Labute approximate surface area is 96.1 Å². The fourth-order valence-corrected chi connectivity index (χ4v) is 2.37. The molecule has 0 aromatic carbocycles. The van der Waals surface area contributed by atoms with Crippen molar-refractivity contribution in [1.29, 1.82) is 0 Å². The quantitative estimate of drug-likeness (QED) is 0.680. The van der Waals surface area contributed by atoms with Crippen molar-refractivity contribution in [2.45, 2.75) is 31.6 Å². The number of likely N-dealkylation sites (tertiary alicyclic amines) is 1. The van der Waals surface area contributed by atoms with E-state index in [4.69, 9.17) is 4.74 Å². The lowest BCUT2D eigenvalue weighted by atomic mass is 10.2. The fraction of sp³-hybridized carbons (Fsp3) is 0.900. The predicted molar refractivity (Wildman–Crippen MR) is 62.9 cm³/mol. The second-order valence-electron chi connectivity index (χ2n) is 4.93. The van der Waals surface area contributed by atoms with E-state index in [2.05, 4.69) is 4.31 Å². The Kier molecular flexibility index (Phi) is 3.89. The molecule has 0 aromatic heterocycles. The summed E-state index contributed by atoms with van der Waals surface area (Å²) in [6.45, 7) is 7.24. The van der Waals surface area contributed by atoms with Crippen molar-refractivity contribution < 1.29 is 9.53 Å². The Hall–Kier alpha value is -0.420. The lowest BCUT2D eigenvalue weighted by molar-refractivity contribution is 0.0142. The van der Waals surface area contributed by atoms with Gasteiger partial charge < -0.3 is 9.64 Å². The molecule has 1 saturated heterocycles. The van der Waals surface area contributed by atoms with Crippen molar-refractivity contribution in [1.82, 2.24) is 9.21 Å². The summed E-state index contributed by atoms with van der Waals surface area (Å²) in [4.78, 5) is 13.3. The average Bonchev–Trinajstić information content (AvgIpc) is 1.91. The van der Waals surface area contributed by atoms with Gasteiger partial charge in [-0.05, 0) is 34.9 Å². The molecule has 0 saturated carbocycles. The van der Waals surface area contributed by atoms with E-state index in [0.717, 1.165) is 13.1 Å². The van der Waals surface area contributed by atoms with Crippen LogP contribution in [0.2, 0.25) is 0 Å². The van der Waals surface area contributed by atoms with Crippen molar-refractivity contribution in [2.75, 3.05) is 27.2 Å². The minimum Gasteiger partial charge on any atom is -0.444 e. The maximum atomic E-state index is 11.6. The molecule has 1 aliphatic rings. The van der Waals surface area contributed by atoms with Crippen LogP contribution in [0.15, 0.2) is 0 Å². The zero-order chi connectivity index (χ0) is 11.6. The van der Waals surface area contributed by atoms with Crippen LogP contribution in [0.4, 0.5) is 4.79 Å². The van der Waals surface area contributed by atoms with Gasteiger partial charge >= 0.3 is 6.09 Å². The third kappa shape index (κ3) is 4.30. The van der Waals surface area contributed by atoms with Crippen molar-refractivity contribution in [2.24, 2.45) is 0 Å². The minimum absolute atomic E-state index is 0.196. The van der Waals surface area contributed by atoms with Gasteiger partial charge in [-0.2, -0.15) is 0 Å². The zero-order valence-electron chi connectivity index (χ0n) is 10.1. The van der Waals surface area contributed by atoms with Gasteiger partial charge in [-0.15, -0.1) is 0 Å². The summed E-state index contributed by atoms with van der Waals surface area (Å²) < 4.78 is 7.33. The molecule has 4 nitrogen and oxygen atoms in total. The van der Waals surface area contributed by atoms with Gasteiger partial charge in [0.2, 0.25) is 0 Å². The van der Waals surface area contributed by atoms with Crippen LogP contribution in [-0.2, 0) is 4.74 Å². The molecule has 88 valence electrons. The van der Waals surface area contributed by atoms with Gasteiger partial charge in [0, 0.05) is 13.1 Å². The van der Waals surface area contributed by atoms with Crippen LogP contribution in [0.5, 0.6) is 0 Å². The molecule has 1 amide bonds. The summed E-state index contributed by atoms with van der Waals surface area (Å²) in [6.07, 6.45) is -0.196. The lowest BCUT2D eigenvalue weighted by Gasteiger charge is -2.40. The number of carbonyl (C=O) groups excluding carboxylic acids is 1. The summed E-state index contributed by atoms with van der Waals surface area (Å²) in [7, 11) is 4.03. The number of hydrogen-bond acceptors (Lipinski definition) is 4. The molecule has 1 rings (SSSR count). The van der Waals surface area contributed by atoms with Crippen molar-refractivity contribution >= 4 is 18.0 Å². The molecule has 1 fully saturated rings. The summed E-state index contributed by atoms with van der Waals surface area (Å²) in [5.41, 5.74) is -0.392. The third-order valence-electron chi connectivity index (χ3n) is 1.86. The first-order chi connectivity index (χ1) is 6.78. The molecule has 0 spiro atoms. The molecule has 0 N–H and O–H groups in total. The number of rotatable bonds is 2. The van der Waals surface area contributed by atoms with Gasteiger partial charge in [-0.1, -0.05) is 11.9 Å². The topological polar surface area (TPSA) is 32.8 Å². The van der Waals surface area contributed by atoms with E-state index in [0.29, 0.717) is 5.25 Å². The monoisotopic (exact) mass is 232 g/mol. The van der Waals surface area contributed by atoms with Gasteiger partial charge in [0.1, 0.15) is 5.60 Å². The van der Waals surface area contributed by atoms with E-state index in [-0.39, 0.29) is 6.09 Å². The standard InChI is InChI=1S/C10H20N2O2S/c1-10(2,3)14-9(13)12-6-8(7-12)15-11(4)5/h8H,6-7H2,1-5H3. The smallest absolute Gasteiger partial charge is 0.410 e. The molecule has 1 aliphatic heterocycles. The molecule has 15 heavy (non-hydrogen) atoms. The molecule has 0 bridgehead atoms. The van der Waals surface area contributed by atoms with Crippen LogP contribution in [0.25, 0.3) is 0 Å². The van der Waals surface area contributed by atoms with Gasteiger partial charge in [-0.25, -0.2) is 4.79 Å². The largest absolute Gasteiger partial charge is 0.444 e. The summed E-state index contributed by atoms with van der Waals surface area (Å²) in [5.74, 6) is 0. The molecule has 0 aromatic rings. The van der Waals surface area contributed by atoms with E-state index in [1.807, 2.05) is 34.9 Å². The van der Waals surface area contributed by atoms with Crippen LogP contribution in [0.1, 0.15) is 20.8 Å². The molecule has 5 heteroatoms. The van der Waals surface area contributed by atoms with Crippen LogP contribution >= 0.6 is 11.9 Å². The van der Waals surface area contributed by atoms with Crippen molar-refractivity contribution in [3.8, 4) is 0 Å². The lowest BCUT2D eigenvalue weighted by Crippen LogP contribution is -2.54. The van der Waals surface area contributed by atoms with Crippen LogP contribution < -0.4 is 0 Å². The molecule has 0 atom stereocenters. The predicted octanol–water partition coefficient (Wildman–Crippen LogP) is 1.82. The Bertz CT molecular complexity index is 232. The van der Waals surface area contributed by atoms with Gasteiger partial charge in [-0.3, -0.25) is 4.31 Å². The normalized spacial score (nSPS) is 17.9. The van der Waals surface area contributed by atoms with Crippen molar-refractivity contribution in [3.63, 3.8) is 0 Å². The van der Waals surface area contributed by atoms with E-state index < -0.39 is 5.60 Å². The first-order valence-corrected chi connectivity index (χ1v) is 5.93. The fourth-order valence-electron chi connectivity index (χ4n) is 1.28. The SMILES string of the molecule is CN(C)SC1CN(C(=O)OC(C)(C)C)C1. The number of ether oxygens (including phenoxy) is 1. The number of nitrogens with zero attached hydrogens (tertiary/aromatic N) is 2. The Morgan fingerprint density at radius 3 is 2.33 bits per heavy atom. The molecular formula is C10H20N2O2S. The maximum absolute atomic E-state index is 11.6. The molecule has 0 unspecified atom stereocenters. The van der Waals surface area contributed by atoms with Crippen molar-refractivity contribution in [3.05, 3.63) is 0 Å². The third-order valence-corrected chi connectivity index (χ3v) is 2.88. The Morgan fingerprint density at radius 1 is 1.40 bits per heavy atom. The first-order valence-electron chi connectivity index (χ1n) is 5.10. The molecule has 1 heterocycles. The highest BCUT2D eigenvalue weighted by Gasteiger charge is 2.34. The maximum Gasteiger partial charge on any atom is 0.410 e. The first kappa shape index (κ1) is 12.6. The molecule has 0 radical (unpaired) electrons. The minimum atomic E-state index is -0.392.